The maximum atomic E-state index is 13.8. The monoisotopic (exact) mass is 445 g/mol. The van der Waals surface area contributed by atoms with Crippen LogP contribution in [0.1, 0.15) is 58.5 Å². The van der Waals surface area contributed by atoms with E-state index in [1.54, 1.807) is 4.90 Å². The number of amides is 2. The smallest absolute Gasteiger partial charge is 0.274 e. The number of hydrogen-bond donors (Lipinski definition) is 2. The lowest BCUT2D eigenvalue weighted by Gasteiger charge is -2.34. The highest BCUT2D eigenvalue weighted by molar-refractivity contribution is 5.99. The van der Waals surface area contributed by atoms with Gasteiger partial charge in [-0.15, -0.1) is 0 Å². The number of carbonyl (C=O) groups is 2. The summed E-state index contributed by atoms with van der Waals surface area (Å²) >= 11 is 0. The quantitative estimate of drug-likeness (QED) is 0.741. The van der Waals surface area contributed by atoms with Gasteiger partial charge in [-0.05, 0) is 24.8 Å². The molecule has 4 rings (SSSR count). The van der Waals surface area contributed by atoms with E-state index in [-0.39, 0.29) is 23.4 Å². The van der Waals surface area contributed by atoms with Crippen molar-refractivity contribution in [3.63, 3.8) is 0 Å². The number of nitrogens with zero attached hydrogens (tertiary/aromatic N) is 2. The van der Waals surface area contributed by atoms with Gasteiger partial charge in [-0.1, -0.05) is 25.3 Å². The molecule has 2 amide bonds. The first-order chi connectivity index (χ1) is 15.3. The minimum Gasteiger partial charge on any atom is -0.503 e. The Labute approximate surface area is 183 Å². The van der Waals surface area contributed by atoms with Gasteiger partial charge in [0.15, 0.2) is 11.4 Å². The minimum absolute atomic E-state index is 0.0515. The summed E-state index contributed by atoms with van der Waals surface area (Å²) in [6, 6.07) is 2.96. The molecule has 32 heavy (non-hydrogen) atoms. The highest BCUT2D eigenvalue weighted by Gasteiger charge is 2.32. The Morgan fingerprint density at radius 1 is 1.12 bits per heavy atom. The van der Waals surface area contributed by atoms with Crippen molar-refractivity contribution < 1.29 is 23.5 Å². The van der Waals surface area contributed by atoms with Gasteiger partial charge in [-0.2, -0.15) is 0 Å². The average Bonchev–Trinajstić information content (AvgIpc) is 2.78. The molecule has 1 fully saturated rings. The molecule has 1 saturated carbocycles. The summed E-state index contributed by atoms with van der Waals surface area (Å²) in [5.74, 6) is -3.14. The topological polar surface area (TPSA) is 91.6 Å². The van der Waals surface area contributed by atoms with Gasteiger partial charge in [-0.3, -0.25) is 14.4 Å². The summed E-state index contributed by atoms with van der Waals surface area (Å²) in [5, 5.41) is 12.9. The Morgan fingerprint density at radius 2 is 1.88 bits per heavy atom. The molecule has 0 saturated heterocycles. The van der Waals surface area contributed by atoms with Crippen molar-refractivity contribution >= 4 is 11.8 Å². The number of benzene rings is 1. The van der Waals surface area contributed by atoms with E-state index in [4.69, 9.17) is 0 Å². The molecule has 170 valence electrons. The van der Waals surface area contributed by atoms with Crippen molar-refractivity contribution in [3.8, 4) is 5.75 Å². The first kappa shape index (κ1) is 22.0. The van der Waals surface area contributed by atoms with E-state index < -0.39 is 34.6 Å². The molecule has 1 aromatic heterocycles. The Hall–Kier alpha value is -3.23. The molecule has 2 N–H and O–H groups in total. The second-order valence-electron chi connectivity index (χ2n) is 8.44. The maximum Gasteiger partial charge on any atom is 0.274 e. The number of aromatic hydroxyl groups is 1. The van der Waals surface area contributed by atoms with Crippen molar-refractivity contribution in [3.05, 3.63) is 63.1 Å². The molecule has 2 aliphatic rings. The fraction of sp³-hybridized carbons (Fsp3) is 0.435. The average molecular weight is 445 g/mol. The molecule has 1 aliphatic heterocycles. The zero-order chi connectivity index (χ0) is 22.8. The van der Waals surface area contributed by atoms with Gasteiger partial charge >= 0.3 is 0 Å². The number of pyridine rings is 1. The summed E-state index contributed by atoms with van der Waals surface area (Å²) in [6.45, 7) is 1.10. The van der Waals surface area contributed by atoms with Crippen LogP contribution in [0.2, 0.25) is 0 Å². The van der Waals surface area contributed by atoms with Gasteiger partial charge in [0.1, 0.15) is 17.2 Å². The van der Waals surface area contributed by atoms with E-state index in [1.807, 2.05) is 0 Å². The largest absolute Gasteiger partial charge is 0.503 e. The second-order valence-corrected chi connectivity index (χ2v) is 8.44. The van der Waals surface area contributed by atoms with E-state index in [9.17, 15) is 28.3 Å². The molecule has 9 heteroatoms. The molecule has 2 aromatic rings. The first-order valence-corrected chi connectivity index (χ1v) is 10.8. The normalized spacial score (nSPS) is 16.7. The van der Waals surface area contributed by atoms with Gasteiger partial charge in [0.05, 0.1) is 0 Å². The van der Waals surface area contributed by atoms with Gasteiger partial charge < -0.3 is 19.9 Å². The van der Waals surface area contributed by atoms with Gasteiger partial charge in [0.25, 0.3) is 11.8 Å². The third-order valence-corrected chi connectivity index (χ3v) is 6.26. The van der Waals surface area contributed by atoms with Crippen LogP contribution in [0.5, 0.6) is 5.75 Å². The number of carbonyl (C=O) groups excluding carboxylic acids is 2. The highest BCUT2D eigenvalue weighted by Crippen LogP contribution is 2.27. The van der Waals surface area contributed by atoms with Crippen LogP contribution in [0.25, 0.3) is 0 Å². The van der Waals surface area contributed by atoms with Crippen LogP contribution in [-0.2, 0) is 13.1 Å². The fourth-order valence-corrected chi connectivity index (χ4v) is 4.48. The van der Waals surface area contributed by atoms with Crippen molar-refractivity contribution in [2.24, 2.45) is 5.92 Å². The van der Waals surface area contributed by atoms with E-state index >= 15 is 0 Å². The van der Waals surface area contributed by atoms with Crippen molar-refractivity contribution in [2.75, 3.05) is 13.1 Å². The lowest BCUT2D eigenvalue weighted by Crippen LogP contribution is -2.44. The molecule has 0 atom stereocenters. The zero-order valence-corrected chi connectivity index (χ0v) is 17.6. The van der Waals surface area contributed by atoms with E-state index in [1.165, 1.54) is 23.3 Å². The summed E-state index contributed by atoms with van der Waals surface area (Å²) in [7, 11) is 0. The SMILES string of the molecule is O=C(NCc1ccc(F)cc1F)c1cn2c(c(O)c1=O)C(=O)N(CC1CCCCC1)CC2. The van der Waals surface area contributed by atoms with Crippen LogP contribution in [0.15, 0.2) is 29.2 Å². The first-order valence-electron chi connectivity index (χ1n) is 10.8. The second kappa shape index (κ2) is 9.10. The summed E-state index contributed by atoms with van der Waals surface area (Å²) in [4.78, 5) is 39.8. The summed E-state index contributed by atoms with van der Waals surface area (Å²) in [5.41, 5.74) is -1.36. The van der Waals surface area contributed by atoms with Gasteiger partial charge in [0, 0.05) is 44.0 Å². The molecular weight excluding hydrogens is 420 g/mol. The number of rotatable bonds is 5. The van der Waals surface area contributed by atoms with Crippen LogP contribution in [0.4, 0.5) is 8.78 Å². The van der Waals surface area contributed by atoms with Crippen LogP contribution in [0.3, 0.4) is 0 Å². The van der Waals surface area contributed by atoms with E-state index in [0.717, 1.165) is 31.7 Å². The Kier molecular flexibility index (Phi) is 6.25. The summed E-state index contributed by atoms with van der Waals surface area (Å²) in [6.07, 6.45) is 6.89. The third kappa shape index (κ3) is 4.37. The molecule has 0 spiro atoms. The van der Waals surface area contributed by atoms with Gasteiger partial charge in [0.2, 0.25) is 5.43 Å². The number of nitrogens with one attached hydrogen (secondary N) is 1. The maximum absolute atomic E-state index is 13.8. The Morgan fingerprint density at radius 3 is 2.59 bits per heavy atom. The molecule has 1 aliphatic carbocycles. The van der Waals surface area contributed by atoms with Crippen LogP contribution < -0.4 is 10.7 Å². The van der Waals surface area contributed by atoms with Crippen molar-refractivity contribution in [1.82, 2.24) is 14.8 Å². The molecule has 0 bridgehead atoms. The van der Waals surface area contributed by atoms with Crippen LogP contribution in [-0.4, -0.2) is 39.5 Å². The number of halogens is 2. The molecular formula is C23H25F2N3O4. The van der Waals surface area contributed by atoms with Gasteiger partial charge in [-0.25, -0.2) is 8.78 Å². The summed E-state index contributed by atoms with van der Waals surface area (Å²) < 4.78 is 28.2. The molecule has 0 unspecified atom stereocenters. The Bertz CT molecular complexity index is 1110. The standard InChI is InChI=1S/C23H25F2N3O4/c24-16-7-6-15(18(25)10-16)11-26-22(31)17-13-27-8-9-28(12-14-4-2-1-3-5-14)23(32)19(27)21(30)20(17)29/h6-7,10,13-14,30H,1-5,8-9,11-12H2,(H,26,31). The molecule has 7 nitrogen and oxygen atoms in total. The zero-order valence-electron chi connectivity index (χ0n) is 17.6. The molecule has 0 radical (unpaired) electrons. The van der Waals surface area contributed by atoms with Crippen molar-refractivity contribution in [2.45, 2.75) is 45.2 Å². The third-order valence-electron chi connectivity index (χ3n) is 6.26. The van der Waals surface area contributed by atoms with Crippen LogP contribution >= 0.6 is 0 Å². The number of fused-ring (bicyclic) bond motifs is 1. The number of hydrogen-bond acceptors (Lipinski definition) is 4. The van der Waals surface area contributed by atoms with Crippen molar-refractivity contribution in [1.29, 1.82) is 0 Å². The lowest BCUT2D eigenvalue weighted by atomic mass is 9.88. The minimum atomic E-state index is -0.957. The predicted molar refractivity (Wildman–Crippen MR) is 112 cm³/mol. The van der Waals surface area contributed by atoms with Crippen LogP contribution in [0, 0.1) is 17.6 Å². The van der Waals surface area contributed by atoms with E-state index in [2.05, 4.69) is 5.32 Å². The van der Waals surface area contributed by atoms with E-state index in [0.29, 0.717) is 31.6 Å². The Balaban J connectivity index is 1.51. The lowest BCUT2D eigenvalue weighted by molar-refractivity contribution is 0.0650. The predicted octanol–water partition coefficient (Wildman–Crippen LogP) is 2.80. The number of aromatic nitrogens is 1. The molecule has 1 aromatic carbocycles. The fourth-order valence-electron chi connectivity index (χ4n) is 4.48. The highest BCUT2D eigenvalue weighted by atomic mass is 19.1. The molecule has 2 heterocycles.